The van der Waals surface area contributed by atoms with Crippen molar-refractivity contribution in [3.63, 3.8) is 0 Å². The average molecular weight is 779 g/mol. The smallest absolute Gasteiger partial charge is 0.235 e. The number of aromatic nitrogens is 4. The minimum Gasteiger partial charge on any atom is -0.309 e. The zero-order chi connectivity index (χ0) is 40.4. The van der Waals surface area contributed by atoms with E-state index in [9.17, 15) is 0 Å². The van der Waals surface area contributed by atoms with Crippen LogP contribution in [0.2, 0.25) is 0 Å². The maximum absolute atomic E-state index is 5.60. The molecule has 0 amide bonds. The Morgan fingerprint density at radius 3 is 1.74 bits per heavy atom. The van der Waals surface area contributed by atoms with Crippen LogP contribution in [0.3, 0.4) is 0 Å². The van der Waals surface area contributed by atoms with Crippen LogP contribution in [0.1, 0.15) is 25.0 Å². The predicted octanol–water partition coefficient (Wildman–Crippen LogP) is 14.6. The molecule has 0 atom stereocenters. The number of benzene rings is 9. The lowest BCUT2D eigenvalue weighted by molar-refractivity contribution is 0.661. The molecule has 3 aromatic heterocycles. The van der Waals surface area contributed by atoms with Gasteiger partial charge in [0.2, 0.25) is 5.95 Å². The molecule has 0 bridgehead atoms. The monoisotopic (exact) mass is 778 g/mol. The van der Waals surface area contributed by atoms with Crippen molar-refractivity contribution in [3.8, 4) is 45.1 Å². The molecule has 0 unspecified atom stereocenters. The van der Waals surface area contributed by atoms with Crippen LogP contribution in [0, 0.1) is 0 Å². The van der Waals surface area contributed by atoms with Crippen LogP contribution in [0.15, 0.2) is 194 Å². The normalized spacial score (nSPS) is 13.2. The Bertz CT molecular complexity index is 3720. The van der Waals surface area contributed by atoms with Gasteiger partial charge in [0.1, 0.15) is 0 Å². The fourth-order valence-electron chi connectivity index (χ4n) is 10.6. The summed E-state index contributed by atoms with van der Waals surface area (Å²) < 4.78 is 4.80. The first-order chi connectivity index (χ1) is 30.0. The SMILES string of the molecule is CC1(C)c2ccccc2-c2c1ccc1c2c2c3ccccc3c(-n3c4ccccc4c4ccccc43)cc2n1-c1nc(-c2ccc(-c3ccccc3)cc2)c2ccccc2n1. The lowest BCUT2D eigenvalue weighted by atomic mass is 9.82. The summed E-state index contributed by atoms with van der Waals surface area (Å²) in [6.07, 6.45) is 0. The van der Waals surface area contributed by atoms with Crippen LogP contribution in [-0.2, 0) is 5.41 Å². The molecular formula is C57H38N4. The van der Waals surface area contributed by atoms with Crippen LogP contribution < -0.4 is 0 Å². The highest BCUT2D eigenvalue weighted by atomic mass is 15.2. The third kappa shape index (κ3) is 4.76. The molecule has 4 nitrogen and oxygen atoms in total. The molecule has 286 valence electrons. The highest BCUT2D eigenvalue weighted by Crippen LogP contribution is 2.54. The molecule has 12 aromatic rings. The standard InChI is InChI=1S/C57H38N4/c1-57(2)44-24-12-8-22-42(44)52-45(57)32-33-49-54(52)53-41-21-7-6-20-40(41)50(60-47-26-14-10-18-38(47)39-19-11-15-27-48(39)60)34-51(53)61(49)56-58-46-25-13-9-23-43(46)55(59-56)37-30-28-36(29-31-37)35-16-4-3-5-17-35/h3-34H,1-2H3. The second-order valence-corrected chi connectivity index (χ2v) is 16.9. The number of nitrogens with zero attached hydrogens (tertiary/aromatic N) is 4. The first kappa shape index (κ1) is 34.1. The minimum atomic E-state index is -0.161. The molecule has 0 radical (unpaired) electrons. The zero-order valence-electron chi connectivity index (χ0n) is 33.8. The fraction of sp³-hybridized carbons (Fsp3) is 0.0526. The van der Waals surface area contributed by atoms with Gasteiger partial charge in [-0.05, 0) is 69.1 Å². The Balaban J connectivity index is 1.18. The summed E-state index contributed by atoms with van der Waals surface area (Å²) in [7, 11) is 0. The quantitative estimate of drug-likeness (QED) is 0.178. The van der Waals surface area contributed by atoms with E-state index < -0.39 is 0 Å². The predicted molar refractivity (Wildman–Crippen MR) is 254 cm³/mol. The van der Waals surface area contributed by atoms with Crippen molar-refractivity contribution < 1.29 is 0 Å². The minimum absolute atomic E-state index is 0.161. The number of hydrogen-bond donors (Lipinski definition) is 0. The summed E-state index contributed by atoms with van der Waals surface area (Å²) in [4.78, 5) is 11.1. The first-order valence-electron chi connectivity index (χ1n) is 21.1. The maximum atomic E-state index is 5.60. The summed E-state index contributed by atoms with van der Waals surface area (Å²) in [6, 6.07) is 70.4. The Labute approximate surface area is 352 Å². The van der Waals surface area contributed by atoms with E-state index >= 15 is 0 Å². The van der Waals surface area contributed by atoms with Crippen molar-refractivity contribution in [3.05, 3.63) is 205 Å². The number of hydrogen-bond acceptors (Lipinski definition) is 2. The summed E-state index contributed by atoms with van der Waals surface area (Å²) in [6.45, 7) is 4.73. The van der Waals surface area contributed by atoms with E-state index in [0.29, 0.717) is 5.95 Å². The second kappa shape index (κ2) is 12.6. The maximum Gasteiger partial charge on any atom is 0.235 e. The van der Waals surface area contributed by atoms with Crippen molar-refractivity contribution >= 4 is 65.3 Å². The van der Waals surface area contributed by atoms with Crippen molar-refractivity contribution in [2.24, 2.45) is 0 Å². The molecule has 13 rings (SSSR count). The van der Waals surface area contributed by atoms with Gasteiger partial charge in [-0.2, -0.15) is 0 Å². The molecule has 61 heavy (non-hydrogen) atoms. The van der Waals surface area contributed by atoms with Gasteiger partial charge >= 0.3 is 0 Å². The first-order valence-corrected chi connectivity index (χ1v) is 21.1. The Morgan fingerprint density at radius 1 is 0.393 bits per heavy atom. The van der Waals surface area contributed by atoms with E-state index in [2.05, 4.69) is 217 Å². The molecule has 0 spiro atoms. The van der Waals surface area contributed by atoms with Gasteiger partial charge in [0, 0.05) is 43.3 Å². The average Bonchev–Trinajstić information content (AvgIpc) is 3.92. The van der Waals surface area contributed by atoms with E-state index in [0.717, 1.165) is 38.9 Å². The van der Waals surface area contributed by atoms with Crippen molar-refractivity contribution in [2.75, 3.05) is 0 Å². The van der Waals surface area contributed by atoms with E-state index in [1.54, 1.807) is 0 Å². The van der Waals surface area contributed by atoms with Gasteiger partial charge in [0.25, 0.3) is 0 Å². The number of fused-ring (bicyclic) bond motifs is 13. The van der Waals surface area contributed by atoms with Crippen LogP contribution >= 0.6 is 0 Å². The van der Waals surface area contributed by atoms with Gasteiger partial charge in [0.15, 0.2) is 0 Å². The van der Waals surface area contributed by atoms with Crippen LogP contribution in [0.4, 0.5) is 0 Å². The van der Waals surface area contributed by atoms with Gasteiger partial charge in [-0.3, -0.25) is 4.57 Å². The molecule has 3 heterocycles. The highest BCUT2D eigenvalue weighted by molar-refractivity contribution is 6.28. The topological polar surface area (TPSA) is 35.6 Å². The molecular weight excluding hydrogens is 741 g/mol. The van der Waals surface area contributed by atoms with Crippen LogP contribution in [-0.4, -0.2) is 19.1 Å². The fourth-order valence-corrected chi connectivity index (χ4v) is 10.6. The molecule has 0 fully saturated rings. The molecule has 0 saturated heterocycles. The third-order valence-corrected chi connectivity index (χ3v) is 13.3. The van der Waals surface area contributed by atoms with E-state index in [-0.39, 0.29) is 5.41 Å². The lowest BCUT2D eigenvalue weighted by Crippen LogP contribution is -2.14. The van der Waals surface area contributed by atoms with Gasteiger partial charge in [-0.25, -0.2) is 9.97 Å². The molecule has 0 aliphatic heterocycles. The molecule has 9 aromatic carbocycles. The highest BCUT2D eigenvalue weighted by Gasteiger charge is 2.38. The zero-order valence-corrected chi connectivity index (χ0v) is 33.8. The van der Waals surface area contributed by atoms with Crippen LogP contribution in [0.5, 0.6) is 0 Å². The molecule has 1 aliphatic rings. The second-order valence-electron chi connectivity index (χ2n) is 16.9. The lowest BCUT2D eigenvalue weighted by Gasteiger charge is -2.21. The Hall–Kier alpha value is -7.82. The van der Waals surface area contributed by atoms with Crippen molar-refractivity contribution in [1.82, 2.24) is 19.1 Å². The van der Waals surface area contributed by atoms with Crippen molar-refractivity contribution in [2.45, 2.75) is 19.3 Å². The molecule has 0 N–H and O–H groups in total. The van der Waals surface area contributed by atoms with Gasteiger partial charge < -0.3 is 4.57 Å². The van der Waals surface area contributed by atoms with E-state index in [1.807, 2.05) is 0 Å². The number of rotatable bonds is 4. The molecule has 1 aliphatic carbocycles. The summed E-state index contributed by atoms with van der Waals surface area (Å²) in [5.74, 6) is 0.648. The van der Waals surface area contributed by atoms with Crippen LogP contribution in [0.25, 0.3) is 110 Å². The largest absolute Gasteiger partial charge is 0.309 e. The Morgan fingerprint density at radius 2 is 0.984 bits per heavy atom. The van der Waals surface area contributed by atoms with Gasteiger partial charge in [-0.1, -0.05) is 178 Å². The summed E-state index contributed by atoms with van der Waals surface area (Å²) >= 11 is 0. The van der Waals surface area contributed by atoms with Crippen molar-refractivity contribution in [1.29, 1.82) is 0 Å². The number of para-hydroxylation sites is 3. The molecule has 4 heteroatoms. The summed E-state index contributed by atoms with van der Waals surface area (Å²) in [5, 5.41) is 8.34. The molecule has 0 saturated carbocycles. The van der Waals surface area contributed by atoms with Gasteiger partial charge in [-0.15, -0.1) is 0 Å². The van der Waals surface area contributed by atoms with E-state index in [1.165, 1.54) is 76.7 Å². The Kier molecular flexibility index (Phi) is 7.04. The third-order valence-electron chi connectivity index (χ3n) is 13.3. The van der Waals surface area contributed by atoms with Gasteiger partial charge in [0.05, 0.1) is 39.0 Å². The summed E-state index contributed by atoms with van der Waals surface area (Å²) in [5.41, 5.74) is 16.0. The van der Waals surface area contributed by atoms with E-state index in [4.69, 9.17) is 9.97 Å².